The van der Waals surface area contributed by atoms with Crippen molar-refractivity contribution < 1.29 is 0 Å². The number of thioether (sulfide) groups is 1. The van der Waals surface area contributed by atoms with Crippen molar-refractivity contribution in [1.29, 1.82) is 0 Å². The number of hydrogen-bond donors (Lipinski definition) is 3. The van der Waals surface area contributed by atoms with Gasteiger partial charge in [0.2, 0.25) is 5.96 Å². The molecule has 0 aromatic heterocycles. The average Bonchev–Trinajstić information content (AvgIpc) is 2.35. The molecule has 0 aromatic carbocycles. The van der Waals surface area contributed by atoms with Crippen LogP contribution in [0, 0.1) is 5.92 Å². The number of hydrogen-bond acceptors (Lipinski definition) is 3. The predicted octanol–water partition coefficient (Wildman–Crippen LogP) is 1.34. The van der Waals surface area contributed by atoms with Crippen LogP contribution in [0.1, 0.15) is 32.6 Å². The van der Waals surface area contributed by atoms with Gasteiger partial charge < -0.3 is 5.32 Å². The summed E-state index contributed by atoms with van der Waals surface area (Å²) < 4.78 is 0. The van der Waals surface area contributed by atoms with Crippen LogP contribution in [0.25, 0.3) is 0 Å². The van der Waals surface area contributed by atoms with E-state index in [2.05, 4.69) is 34.4 Å². The molecule has 1 rings (SSSR count). The SMILES string of the molecule is CCCCNC(=NCC1CCSCC1)NN. The van der Waals surface area contributed by atoms with Gasteiger partial charge in [0.1, 0.15) is 0 Å². The minimum Gasteiger partial charge on any atom is -0.355 e. The molecule has 1 aliphatic rings. The van der Waals surface area contributed by atoms with Gasteiger partial charge in [-0.05, 0) is 36.7 Å². The van der Waals surface area contributed by atoms with E-state index in [1.807, 2.05) is 0 Å². The van der Waals surface area contributed by atoms with Crippen LogP contribution in [0.15, 0.2) is 4.99 Å². The van der Waals surface area contributed by atoms with E-state index in [-0.39, 0.29) is 0 Å². The molecule has 0 aliphatic carbocycles. The van der Waals surface area contributed by atoms with Crippen molar-refractivity contribution in [2.24, 2.45) is 16.8 Å². The third-order valence-electron chi connectivity index (χ3n) is 2.81. The van der Waals surface area contributed by atoms with Crippen LogP contribution in [-0.4, -0.2) is 30.6 Å². The average molecular weight is 244 g/mol. The number of unbranched alkanes of at least 4 members (excludes halogenated alkanes) is 1. The molecule has 0 radical (unpaired) electrons. The molecular formula is C11H24N4S. The van der Waals surface area contributed by atoms with E-state index >= 15 is 0 Å². The number of nitrogens with two attached hydrogens (primary N) is 1. The quantitative estimate of drug-likeness (QED) is 0.224. The van der Waals surface area contributed by atoms with Gasteiger partial charge in [0.15, 0.2) is 0 Å². The fourth-order valence-corrected chi connectivity index (χ4v) is 2.89. The van der Waals surface area contributed by atoms with E-state index in [1.54, 1.807) is 0 Å². The second kappa shape index (κ2) is 8.70. The highest BCUT2D eigenvalue weighted by Gasteiger charge is 2.12. The Bertz CT molecular complexity index is 202. The fraction of sp³-hybridized carbons (Fsp3) is 0.909. The Labute approximate surface area is 103 Å². The molecule has 0 amide bonds. The molecule has 0 bridgehead atoms. The minimum atomic E-state index is 0.742. The topological polar surface area (TPSA) is 62.4 Å². The zero-order valence-corrected chi connectivity index (χ0v) is 11.0. The van der Waals surface area contributed by atoms with E-state index in [0.717, 1.165) is 31.4 Å². The third kappa shape index (κ3) is 5.61. The molecule has 4 N–H and O–H groups in total. The van der Waals surface area contributed by atoms with Crippen molar-refractivity contribution >= 4 is 17.7 Å². The first-order chi connectivity index (χ1) is 7.86. The predicted molar refractivity (Wildman–Crippen MR) is 72.6 cm³/mol. The lowest BCUT2D eigenvalue weighted by atomic mass is 10.0. The zero-order valence-electron chi connectivity index (χ0n) is 10.2. The first-order valence-corrected chi connectivity index (χ1v) is 7.35. The van der Waals surface area contributed by atoms with Crippen molar-refractivity contribution in [2.45, 2.75) is 32.6 Å². The highest BCUT2D eigenvalue weighted by atomic mass is 32.2. The van der Waals surface area contributed by atoms with E-state index < -0.39 is 0 Å². The lowest BCUT2D eigenvalue weighted by molar-refractivity contribution is 0.501. The number of nitrogens with one attached hydrogen (secondary N) is 2. The Morgan fingerprint density at radius 3 is 2.81 bits per heavy atom. The van der Waals surface area contributed by atoms with Gasteiger partial charge in [-0.3, -0.25) is 10.4 Å². The summed E-state index contributed by atoms with van der Waals surface area (Å²) >= 11 is 2.05. The monoisotopic (exact) mass is 244 g/mol. The molecule has 0 spiro atoms. The van der Waals surface area contributed by atoms with E-state index in [1.165, 1.54) is 30.8 Å². The van der Waals surface area contributed by atoms with Crippen LogP contribution in [0.4, 0.5) is 0 Å². The van der Waals surface area contributed by atoms with Gasteiger partial charge in [0.25, 0.3) is 0 Å². The zero-order chi connectivity index (χ0) is 11.6. The molecule has 1 heterocycles. The summed E-state index contributed by atoms with van der Waals surface area (Å²) in [5.41, 5.74) is 2.63. The molecule has 0 atom stereocenters. The van der Waals surface area contributed by atoms with Gasteiger partial charge in [-0.25, -0.2) is 5.84 Å². The van der Waals surface area contributed by atoms with Crippen LogP contribution < -0.4 is 16.6 Å². The van der Waals surface area contributed by atoms with Gasteiger partial charge in [0, 0.05) is 13.1 Å². The maximum atomic E-state index is 5.42. The molecule has 1 fully saturated rings. The van der Waals surface area contributed by atoms with E-state index in [0.29, 0.717) is 0 Å². The molecule has 0 saturated carbocycles. The second-order valence-corrected chi connectivity index (χ2v) is 5.39. The molecule has 1 saturated heterocycles. The van der Waals surface area contributed by atoms with E-state index in [9.17, 15) is 0 Å². The van der Waals surface area contributed by atoms with Gasteiger partial charge in [-0.1, -0.05) is 13.3 Å². The van der Waals surface area contributed by atoms with Crippen LogP contribution >= 0.6 is 11.8 Å². The standard InChI is InChI=1S/C11H24N4S/c1-2-3-6-13-11(15-12)14-9-10-4-7-16-8-5-10/h10H,2-9,12H2,1H3,(H2,13,14,15). The lowest BCUT2D eigenvalue weighted by Crippen LogP contribution is -2.42. The van der Waals surface area contributed by atoms with Gasteiger partial charge in [0.05, 0.1) is 0 Å². The summed E-state index contributed by atoms with van der Waals surface area (Å²) in [6.45, 7) is 4.02. The molecule has 94 valence electrons. The highest BCUT2D eigenvalue weighted by molar-refractivity contribution is 7.99. The molecule has 0 aromatic rings. The molecule has 0 unspecified atom stereocenters. The lowest BCUT2D eigenvalue weighted by Gasteiger charge is -2.19. The third-order valence-corrected chi connectivity index (χ3v) is 3.86. The molecule has 1 aliphatic heterocycles. The van der Waals surface area contributed by atoms with Crippen molar-refractivity contribution in [3.05, 3.63) is 0 Å². The highest BCUT2D eigenvalue weighted by Crippen LogP contribution is 2.22. The Balaban J connectivity index is 2.22. The Morgan fingerprint density at radius 1 is 1.44 bits per heavy atom. The molecule has 4 nitrogen and oxygen atoms in total. The van der Waals surface area contributed by atoms with Gasteiger partial charge >= 0.3 is 0 Å². The number of guanidine groups is 1. The largest absolute Gasteiger partial charge is 0.355 e. The van der Waals surface area contributed by atoms with Crippen LogP contribution in [0.3, 0.4) is 0 Å². The van der Waals surface area contributed by atoms with Crippen molar-refractivity contribution in [3.8, 4) is 0 Å². The molecular weight excluding hydrogens is 220 g/mol. The van der Waals surface area contributed by atoms with Gasteiger partial charge in [-0.15, -0.1) is 0 Å². The van der Waals surface area contributed by atoms with Crippen molar-refractivity contribution in [2.75, 3.05) is 24.6 Å². The van der Waals surface area contributed by atoms with Crippen LogP contribution in [0.2, 0.25) is 0 Å². The minimum absolute atomic E-state index is 0.742. The van der Waals surface area contributed by atoms with Crippen molar-refractivity contribution in [3.63, 3.8) is 0 Å². The van der Waals surface area contributed by atoms with Crippen LogP contribution in [0.5, 0.6) is 0 Å². The summed E-state index contributed by atoms with van der Waals surface area (Å²) in [4.78, 5) is 4.50. The number of hydrazine groups is 1. The molecule has 5 heteroatoms. The summed E-state index contributed by atoms with van der Waals surface area (Å²) in [6, 6.07) is 0. The van der Waals surface area contributed by atoms with Gasteiger partial charge in [-0.2, -0.15) is 11.8 Å². The maximum Gasteiger partial charge on any atom is 0.205 e. The number of rotatable bonds is 5. The van der Waals surface area contributed by atoms with E-state index in [4.69, 9.17) is 5.84 Å². The van der Waals surface area contributed by atoms with Crippen molar-refractivity contribution in [1.82, 2.24) is 10.7 Å². The number of aliphatic imine (C=N–C) groups is 1. The van der Waals surface area contributed by atoms with Crippen LogP contribution in [-0.2, 0) is 0 Å². The Morgan fingerprint density at radius 2 is 2.19 bits per heavy atom. The second-order valence-electron chi connectivity index (χ2n) is 4.17. The summed E-state index contributed by atoms with van der Waals surface area (Å²) in [6.07, 6.45) is 4.92. The summed E-state index contributed by atoms with van der Waals surface area (Å²) in [5, 5.41) is 3.22. The Hall–Kier alpha value is -0.420. The molecule has 16 heavy (non-hydrogen) atoms. The fourth-order valence-electron chi connectivity index (χ4n) is 1.69. The summed E-state index contributed by atoms with van der Waals surface area (Å²) in [5.74, 6) is 9.49. The summed E-state index contributed by atoms with van der Waals surface area (Å²) in [7, 11) is 0. The first-order valence-electron chi connectivity index (χ1n) is 6.19. The first kappa shape index (κ1) is 13.6. The smallest absolute Gasteiger partial charge is 0.205 e. The normalized spacial score (nSPS) is 18.5. The Kier molecular flexibility index (Phi) is 7.42. The number of nitrogens with zero attached hydrogens (tertiary/aromatic N) is 1. The maximum absolute atomic E-state index is 5.42.